The molecule has 0 aliphatic carbocycles. The molecule has 2 aliphatic rings. The Kier molecular flexibility index (Phi) is 8.04. The van der Waals surface area contributed by atoms with Gasteiger partial charge in [0.15, 0.2) is 0 Å². The Morgan fingerprint density at radius 3 is 2.75 bits per heavy atom. The molecule has 0 bridgehead atoms. The van der Waals surface area contributed by atoms with Gasteiger partial charge in [0.25, 0.3) is 0 Å². The SMILES string of the molecule is CC(C)=CCCN1CCC(N2CCC[C@H](C(=O)NCc3ccccn3)C2)CC1. The van der Waals surface area contributed by atoms with Crippen LogP contribution in [0.15, 0.2) is 36.0 Å². The van der Waals surface area contributed by atoms with Crippen LogP contribution in [0, 0.1) is 5.92 Å². The Morgan fingerprint density at radius 1 is 1.21 bits per heavy atom. The van der Waals surface area contributed by atoms with Gasteiger partial charge in [-0.1, -0.05) is 17.7 Å². The van der Waals surface area contributed by atoms with E-state index in [9.17, 15) is 4.79 Å². The van der Waals surface area contributed by atoms with Crippen LogP contribution in [0.3, 0.4) is 0 Å². The van der Waals surface area contributed by atoms with Crippen molar-refractivity contribution in [2.75, 3.05) is 32.7 Å². The molecule has 2 saturated heterocycles. The van der Waals surface area contributed by atoms with Gasteiger partial charge in [-0.05, 0) is 77.7 Å². The Labute approximate surface area is 170 Å². The third-order valence-electron chi connectivity index (χ3n) is 6.06. The predicted octanol–water partition coefficient (Wildman–Crippen LogP) is 3.23. The molecule has 0 aromatic carbocycles. The van der Waals surface area contributed by atoms with Crippen LogP contribution in [0.5, 0.6) is 0 Å². The van der Waals surface area contributed by atoms with Crippen molar-refractivity contribution in [3.05, 3.63) is 41.7 Å². The van der Waals surface area contributed by atoms with Crippen LogP contribution in [-0.2, 0) is 11.3 Å². The van der Waals surface area contributed by atoms with E-state index in [1.54, 1.807) is 6.20 Å². The second-order valence-electron chi connectivity index (χ2n) is 8.52. The van der Waals surface area contributed by atoms with E-state index in [0.717, 1.165) is 38.0 Å². The van der Waals surface area contributed by atoms with Crippen molar-refractivity contribution in [1.82, 2.24) is 20.1 Å². The van der Waals surface area contributed by atoms with E-state index >= 15 is 0 Å². The van der Waals surface area contributed by atoms with Crippen molar-refractivity contribution >= 4 is 5.91 Å². The van der Waals surface area contributed by atoms with Crippen molar-refractivity contribution in [1.29, 1.82) is 0 Å². The number of pyridine rings is 1. The second kappa shape index (κ2) is 10.7. The lowest BCUT2D eigenvalue weighted by molar-refractivity contribution is -0.127. The molecule has 5 nitrogen and oxygen atoms in total. The number of carbonyl (C=O) groups excluding carboxylic acids is 1. The number of allylic oxidation sites excluding steroid dienone is 1. The van der Waals surface area contributed by atoms with Crippen molar-refractivity contribution in [3.63, 3.8) is 0 Å². The highest BCUT2D eigenvalue weighted by molar-refractivity contribution is 5.78. The third kappa shape index (κ3) is 6.42. The van der Waals surface area contributed by atoms with Crippen LogP contribution < -0.4 is 5.32 Å². The summed E-state index contributed by atoms with van der Waals surface area (Å²) in [7, 11) is 0. The van der Waals surface area contributed by atoms with Crippen LogP contribution in [0.2, 0.25) is 0 Å². The molecule has 154 valence electrons. The number of likely N-dealkylation sites (tertiary alicyclic amines) is 2. The average molecular weight is 385 g/mol. The van der Waals surface area contributed by atoms with Gasteiger partial charge in [0.05, 0.1) is 18.2 Å². The molecule has 1 amide bonds. The molecular formula is C23H36N4O. The van der Waals surface area contributed by atoms with Gasteiger partial charge >= 0.3 is 0 Å². The molecule has 5 heteroatoms. The van der Waals surface area contributed by atoms with Crippen molar-refractivity contribution in [2.45, 2.75) is 58.5 Å². The molecule has 3 heterocycles. The number of amides is 1. The molecular weight excluding hydrogens is 348 g/mol. The number of aromatic nitrogens is 1. The first-order chi connectivity index (χ1) is 13.6. The smallest absolute Gasteiger partial charge is 0.224 e. The summed E-state index contributed by atoms with van der Waals surface area (Å²) in [5.74, 6) is 0.308. The lowest BCUT2D eigenvalue weighted by atomic mass is 9.93. The van der Waals surface area contributed by atoms with Gasteiger partial charge in [-0.25, -0.2) is 0 Å². The summed E-state index contributed by atoms with van der Waals surface area (Å²) in [5, 5.41) is 3.09. The van der Waals surface area contributed by atoms with Crippen LogP contribution >= 0.6 is 0 Å². The molecule has 0 radical (unpaired) electrons. The Bertz CT molecular complexity index is 633. The van der Waals surface area contributed by atoms with Crippen LogP contribution in [0.1, 0.15) is 51.6 Å². The van der Waals surface area contributed by atoms with E-state index in [-0.39, 0.29) is 11.8 Å². The minimum absolute atomic E-state index is 0.119. The molecule has 0 unspecified atom stereocenters. The molecule has 3 rings (SSSR count). The molecule has 1 N–H and O–H groups in total. The van der Waals surface area contributed by atoms with Crippen LogP contribution in [0.25, 0.3) is 0 Å². The van der Waals surface area contributed by atoms with E-state index in [0.29, 0.717) is 12.6 Å². The number of hydrogen-bond donors (Lipinski definition) is 1. The maximum Gasteiger partial charge on any atom is 0.224 e. The van der Waals surface area contributed by atoms with E-state index in [2.05, 4.69) is 40.0 Å². The summed E-state index contributed by atoms with van der Waals surface area (Å²) in [6.07, 6.45) is 9.87. The number of rotatable bonds is 7. The summed E-state index contributed by atoms with van der Waals surface area (Å²) in [4.78, 5) is 22.1. The standard InChI is InChI=1S/C23H36N4O/c1-19(2)7-5-13-26-15-10-22(11-16-26)27-14-6-8-20(18-27)23(28)25-17-21-9-3-4-12-24-21/h3-4,7,9,12,20,22H,5-6,8,10-11,13-18H2,1-2H3,(H,25,28)/t20-/m0/s1. The molecule has 2 fully saturated rings. The highest BCUT2D eigenvalue weighted by atomic mass is 16.1. The number of carbonyl (C=O) groups is 1. The van der Waals surface area contributed by atoms with Gasteiger partial charge in [0, 0.05) is 25.3 Å². The lowest BCUT2D eigenvalue weighted by Crippen LogP contribution is -2.50. The number of piperidine rings is 2. The first kappa shape index (κ1) is 21.0. The maximum atomic E-state index is 12.6. The Balaban J connectivity index is 1.41. The molecule has 2 aliphatic heterocycles. The lowest BCUT2D eigenvalue weighted by Gasteiger charge is -2.42. The third-order valence-corrected chi connectivity index (χ3v) is 6.06. The van der Waals surface area contributed by atoms with Gasteiger partial charge in [-0.15, -0.1) is 0 Å². The molecule has 1 aromatic heterocycles. The zero-order chi connectivity index (χ0) is 19.8. The van der Waals surface area contributed by atoms with E-state index in [1.807, 2.05) is 18.2 Å². The number of nitrogens with zero attached hydrogens (tertiary/aromatic N) is 3. The average Bonchev–Trinajstić information content (AvgIpc) is 2.73. The summed E-state index contributed by atoms with van der Waals surface area (Å²) in [6.45, 7) is 10.5. The first-order valence-electron chi connectivity index (χ1n) is 10.9. The largest absolute Gasteiger partial charge is 0.350 e. The zero-order valence-corrected chi connectivity index (χ0v) is 17.6. The van der Waals surface area contributed by atoms with Crippen molar-refractivity contribution in [3.8, 4) is 0 Å². The molecule has 0 saturated carbocycles. The monoisotopic (exact) mass is 384 g/mol. The number of nitrogens with one attached hydrogen (secondary N) is 1. The second-order valence-corrected chi connectivity index (χ2v) is 8.52. The first-order valence-corrected chi connectivity index (χ1v) is 10.9. The predicted molar refractivity (Wildman–Crippen MR) is 114 cm³/mol. The van der Waals surface area contributed by atoms with Crippen molar-refractivity contribution < 1.29 is 4.79 Å². The van der Waals surface area contributed by atoms with Gasteiger partial charge in [-0.2, -0.15) is 0 Å². The quantitative estimate of drug-likeness (QED) is 0.733. The van der Waals surface area contributed by atoms with E-state index in [1.165, 1.54) is 38.0 Å². The normalized spacial score (nSPS) is 22.0. The van der Waals surface area contributed by atoms with Gasteiger partial charge in [0.1, 0.15) is 0 Å². The topological polar surface area (TPSA) is 48.5 Å². The summed E-state index contributed by atoms with van der Waals surface area (Å²) in [6, 6.07) is 6.46. The van der Waals surface area contributed by atoms with Crippen LogP contribution in [-0.4, -0.2) is 59.5 Å². The molecule has 1 atom stereocenters. The highest BCUT2D eigenvalue weighted by Crippen LogP contribution is 2.24. The highest BCUT2D eigenvalue weighted by Gasteiger charge is 2.31. The van der Waals surface area contributed by atoms with Crippen molar-refractivity contribution in [2.24, 2.45) is 5.92 Å². The van der Waals surface area contributed by atoms with E-state index < -0.39 is 0 Å². The molecule has 28 heavy (non-hydrogen) atoms. The summed E-state index contributed by atoms with van der Waals surface area (Å²) >= 11 is 0. The Hall–Kier alpha value is -1.72. The van der Waals surface area contributed by atoms with Crippen LogP contribution in [0.4, 0.5) is 0 Å². The van der Waals surface area contributed by atoms with Gasteiger partial charge in [-0.3, -0.25) is 14.7 Å². The Morgan fingerprint density at radius 2 is 2.04 bits per heavy atom. The summed E-state index contributed by atoms with van der Waals surface area (Å²) < 4.78 is 0. The fraction of sp³-hybridized carbons (Fsp3) is 0.652. The van der Waals surface area contributed by atoms with Gasteiger partial charge < -0.3 is 10.2 Å². The zero-order valence-electron chi connectivity index (χ0n) is 17.6. The maximum absolute atomic E-state index is 12.6. The fourth-order valence-electron chi connectivity index (χ4n) is 4.42. The molecule has 1 aromatic rings. The molecule has 0 spiro atoms. The summed E-state index contributed by atoms with van der Waals surface area (Å²) in [5.41, 5.74) is 2.33. The minimum atomic E-state index is 0.119. The fourth-order valence-corrected chi connectivity index (χ4v) is 4.42. The number of hydrogen-bond acceptors (Lipinski definition) is 4. The van der Waals surface area contributed by atoms with E-state index in [4.69, 9.17) is 0 Å². The van der Waals surface area contributed by atoms with Gasteiger partial charge in [0.2, 0.25) is 5.91 Å². The minimum Gasteiger partial charge on any atom is -0.350 e.